The number of carbonyl (C=O) groups excluding carboxylic acids is 1. The Bertz CT molecular complexity index is 370. The molecule has 82 valence electrons. The Hall–Kier alpha value is -0.190. The van der Waals surface area contributed by atoms with Crippen molar-refractivity contribution in [3.63, 3.8) is 0 Å². The molecule has 2 rings (SSSR count). The molecule has 0 saturated heterocycles. The molecule has 0 amide bonds. The summed E-state index contributed by atoms with van der Waals surface area (Å²) >= 11 is 5.01. The maximum atomic E-state index is 11.7. The highest BCUT2D eigenvalue weighted by Gasteiger charge is 2.34. The normalized spacial score (nSPS) is 18.5. The molecule has 1 saturated carbocycles. The van der Waals surface area contributed by atoms with Gasteiger partial charge in [-0.25, -0.2) is 0 Å². The third-order valence-electron chi connectivity index (χ3n) is 2.90. The molecule has 0 unspecified atom stereocenters. The summed E-state index contributed by atoms with van der Waals surface area (Å²) in [5.74, 6) is 0.270. The molecule has 1 fully saturated rings. The minimum atomic E-state index is -0.175. The first-order chi connectivity index (χ1) is 7.07. The van der Waals surface area contributed by atoms with Crippen LogP contribution in [0.2, 0.25) is 0 Å². The molecular formula is C11H14BrNOS. The van der Waals surface area contributed by atoms with E-state index in [2.05, 4.69) is 15.9 Å². The lowest BCUT2D eigenvalue weighted by Crippen LogP contribution is -2.48. The molecule has 4 heteroatoms. The van der Waals surface area contributed by atoms with E-state index in [1.807, 2.05) is 12.1 Å². The van der Waals surface area contributed by atoms with Gasteiger partial charge in [0.15, 0.2) is 0 Å². The predicted molar refractivity (Wildman–Crippen MR) is 66.1 cm³/mol. The fourth-order valence-corrected chi connectivity index (χ4v) is 3.42. The summed E-state index contributed by atoms with van der Waals surface area (Å²) in [5, 5.41) is 0. The molecular weight excluding hydrogens is 274 g/mol. The van der Waals surface area contributed by atoms with Crippen molar-refractivity contribution < 1.29 is 4.79 Å². The van der Waals surface area contributed by atoms with Gasteiger partial charge in [0.1, 0.15) is 5.78 Å². The Balaban J connectivity index is 1.87. The van der Waals surface area contributed by atoms with Crippen molar-refractivity contribution in [3.05, 3.63) is 20.8 Å². The van der Waals surface area contributed by atoms with Crippen LogP contribution in [0.25, 0.3) is 0 Å². The summed E-state index contributed by atoms with van der Waals surface area (Å²) in [5.41, 5.74) is 5.86. The lowest BCUT2D eigenvalue weighted by molar-refractivity contribution is -0.120. The highest BCUT2D eigenvalue weighted by atomic mass is 79.9. The lowest BCUT2D eigenvalue weighted by Gasteiger charge is -2.37. The molecule has 0 aromatic carbocycles. The Morgan fingerprint density at radius 2 is 2.27 bits per heavy atom. The highest BCUT2D eigenvalue weighted by Crippen LogP contribution is 2.33. The Morgan fingerprint density at radius 3 is 2.73 bits per heavy atom. The van der Waals surface area contributed by atoms with Crippen LogP contribution in [0.3, 0.4) is 0 Å². The van der Waals surface area contributed by atoms with Crippen molar-refractivity contribution in [1.82, 2.24) is 0 Å². The quantitative estimate of drug-likeness (QED) is 0.925. The number of thiophene rings is 1. The van der Waals surface area contributed by atoms with Crippen LogP contribution in [0, 0.1) is 0 Å². The zero-order chi connectivity index (χ0) is 10.9. The Morgan fingerprint density at radius 1 is 1.53 bits per heavy atom. The molecule has 15 heavy (non-hydrogen) atoms. The zero-order valence-electron chi connectivity index (χ0n) is 8.46. The number of hydrogen-bond donors (Lipinski definition) is 1. The van der Waals surface area contributed by atoms with E-state index in [4.69, 9.17) is 5.73 Å². The van der Waals surface area contributed by atoms with E-state index in [1.54, 1.807) is 11.3 Å². The molecule has 2 N–H and O–H groups in total. The SMILES string of the molecule is NC1(CC(=O)Cc2ccc(Br)s2)CCC1. The van der Waals surface area contributed by atoms with Gasteiger partial charge in [0.05, 0.1) is 3.79 Å². The van der Waals surface area contributed by atoms with E-state index in [0.29, 0.717) is 12.8 Å². The van der Waals surface area contributed by atoms with Gasteiger partial charge in [-0.05, 0) is 47.3 Å². The fourth-order valence-electron chi connectivity index (χ4n) is 1.90. The monoisotopic (exact) mass is 287 g/mol. The molecule has 2 nitrogen and oxygen atoms in total. The smallest absolute Gasteiger partial charge is 0.139 e. The average molecular weight is 288 g/mol. The summed E-state index contributed by atoms with van der Waals surface area (Å²) in [7, 11) is 0. The molecule has 1 aliphatic carbocycles. The third kappa shape index (κ3) is 2.89. The van der Waals surface area contributed by atoms with Gasteiger partial charge in [-0.2, -0.15) is 0 Å². The van der Waals surface area contributed by atoms with Gasteiger partial charge in [-0.1, -0.05) is 0 Å². The van der Waals surface area contributed by atoms with Gasteiger partial charge in [0.2, 0.25) is 0 Å². The summed E-state index contributed by atoms with van der Waals surface area (Å²) in [6.07, 6.45) is 4.27. The molecule has 0 bridgehead atoms. The van der Waals surface area contributed by atoms with Crippen molar-refractivity contribution in [3.8, 4) is 0 Å². The zero-order valence-corrected chi connectivity index (χ0v) is 10.9. The molecule has 0 spiro atoms. The van der Waals surface area contributed by atoms with Crippen LogP contribution in [-0.2, 0) is 11.2 Å². The molecule has 1 aromatic heterocycles. The van der Waals surface area contributed by atoms with Crippen LogP contribution < -0.4 is 5.73 Å². The standard InChI is InChI=1S/C11H14BrNOS/c12-10-3-2-9(15-10)6-8(14)7-11(13)4-1-5-11/h2-3H,1,4-7,13H2. The summed E-state index contributed by atoms with van der Waals surface area (Å²) in [4.78, 5) is 12.9. The second-order valence-electron chi connectivity index (χ2n) is 4.31. The van der Waals surface area contributed by atoms with Crippen LogP contribution in [0.15, 0.2) is 15.9 Å². The largest absolute Gasteiger partial charge is 0.325 e. The van der Waals surface area contributed by atoms with Gasteiger partial charge in [0.25, 0.3) is 0 Å². The van der Waals surface area contributed by atoms with Crippen LogP contribution in [-0.4, -0.2) is 11.3 Å². The summed E-state index contributed by atoms with van der Waals surface area (Å²) < 4.78 is 1.08. The topological polar surface area (TPSA) is 43.1 Å². The third-order valence-corrected chi connectivity index (χ3v) is 4.52. The van der Waals surface area contributed by atoms with E-state index in [0.717, 1.165) is 21.5 Å². The number of halogens is 1. The maximum absolute atomic E-state index is 11.7. The first kappa shape index (κ1) is 11.3. The van der Waals surface area contributed by atoms with Gasteiger partial charge >= 0.3 is 0 Å². The number of rotatable bonds is 4. The number of carbonyl (C=O) groups is 1. The second kappa shape index (κ2) is 4.36. The van der Waals surface area contributed by atoms with Gasteiger partial charge in [0, 0.05) is 23.3 Å². The van der Waals surface area contributed by atoms with Gasteiger partial charge < -0.3 is 5.73 Å². The van der Waals surface area contributed by atoms with E-state index in [-0.39, 0.29) is 11.3 Å². The molecule has 1 heterocycles. The summed E-state index contributed by atoms with van der Waals surface area (Å²) in [6, 6.07) is 3.98. The van der Waals surface area contributed by atoms with Crippen molar-refractivity contribution >= 4 is 33.0 Å². The molecule has 1 aromatic rings. The van der Waals surface area contributed by atoms with E-state index < -0.39 is 0 Å². The minimum Gasteiger partial charge on any atom is -0.325 e. The Labute approximate surface area is 102 Å². The maximum Gasteiger partial charge on any atom is 0.139 e. The van der Waals surface area contributed by atoms with Crippen LogP contribution in [0.5, 0.6) is 0 Å². The first-order valence-electron chi connectivity index (χ1n) is 5.12. The van der Waals surface area contributed by atoms with Crippen molar-refractivity contribution in [2.24, 2.45) is 5.73 Å². The molecule has 1 aliphatic rings. The van der Waals surface area contributed by atoms with Crippen LogP contribution in [0.4, 0.5) is 0 Å². The molecule has 0 atom stereocenters. The number of nitrogens with two attached hydrogens (primary N) is 1. The predicted octanol–water partition coefficient (Wildman–Crippen LogP) is 2.89. The van der Waals surface area contributed by atoms with E-state index in [1.165, 1.54) is 6.42 Å². The van der Waals surface area contributed by atoms with Crippen molar-refractivity contribution in [2.75, 3.05) is 0 Å². The lowest BCUT2D eigenvalue weighted by atomic mass is 9.74. The summed E-state index contributed by atoms with van der Waals surface area (Å²) in [6.45, 7) is 0. The van der Waals surface area contributed by atoms with Crippen LogP contribution in [0.1, 0.15) is 30.6 Å². The first-order valence-corrected chi connectivity index (χ1v) is 6.73. The molecule has 0 aliphatic heterocycles. The fraction of sp³-hybridized carbons (Fsp3) is 0.545. The van der Waals surface area contributed by atoms with Crippen LogP contribution >= 0.6 is 27.3 Å². The highest BCUT2D eigenvalue weighted by molar-refractivity contribution is 9.11. The van der Waals surface area contributed by atoms with E-state index in [9.17, 15) is 4.79 Å². The van der Waals surface area contributed by atoms with Gasteiger partial charge in [-0.3, -0.25) is 4.79 Å². The number of ketones is 1. The van der Waals surface area contributed by atoms with Gasteiger partial charge in [-0.15, -0.1) is 11.3 Å². The average Bonchev–Trinajstić information content (AvgIpc) is 2.48. The van der Waals surface area contributed by atoms with Crippen molar-refractivity contribution in [2.45, 2.75) is 37.6 Å². The van der Waals surface area contributed by atoms with E-state index >= 15 is 0 Å². The Kier molecular flexibility index (Phi) is 3.28. The minimum absolute atomic E-state index is 0.175. The number of hydrogen-bond acceptors (Lipinski definition) is 3. The van der Waals surface area contributed by atoms with Crippen molar-refractivity contribution in [1.29, 1.82) is 0 Å². The number of Topliss-reactive ketones (excluding diaryl/α,β-unsaturated/α-hetero) is 1. The second-order valence-corrected chi connectivity index (χ2v) is 6.86. The molecule has 0 radical (unpaired) electrons.